The SMILES string of the molecule is CC(Nc1snc(Cl)c1C#N)c1nnc2n1CCCC2. The molecule has 2 aromatic heterocycles. The van der Waals surface area contributed by atoms with Gasteiger partial charge in [-0.3, -0.25) is 0 Å². The van der Waals surface area contributed by atoms with Gasteiger partial charge in [0, 0.05) is 13.0 Å². The van der Waals surface area contributed by atoms with Crippen LogP contribution in [0.1, 0.15) is 43.0 Å². The highest BCUT2D eigenvalue weighted by Crippen LogP contribution is 2.31. The number of halogens is 1. The summed E-state index contributed by atoms with van der Waals surface area (Å²) in [5.74, 6) is 1.94. The smallest absolute Gasteiger partial charge is 0.162 e. The predicted octanol–water partition coefficient (Wildman–Crippen LogP) is 2.77. The molecule has 1 aliphatic heterocycles. The van der Waals surface area contributed by atoms with Gasteiger partial charge in [0.2, 0.25) is 0 Å². The summed E-state index contributed by atoms with van der Waals surface area (Å²) < 4.78 is 6.15. The van der Waals surface area contributed by atoms with Gasteiger partial charge in [-0.25, -0.2) is 0 Å². The maximum absolute atomic E-state index is 9.08. The van der Waals surface area contributed by atoms with Gasteiger partial charge in [0.05, 0.1) is 6.04 Å². The molecule has 1 atom stereocenters. The van der Waals surface area contributed by atoms with Crippen molar-refractivity contribution in [1.82, 2.24) is 19.1 Å². The highest BCUT2D eigenvalue weighted by molar-refractivity contribution is 7.10. The van der Waals surface area contributed by atoms with Crippen molar-refractivity contribution in [3.05, 3.63) is 22.4 Å². The van der Waals surface area contributed by atoms with Gasteiger partial charge in [0.1, 0.15) is 22.5 Å². The summed E-state index contributed by atoms with van der Waals surface area (Å²) in [5.41, 5.74) is 0.391. The molecule has 0 fully saturated rings. The van der Waals surface area contributed by atoms with E-state index in [2.05, 4.69) is 30.5 Å². The van der Waals surface area contributed by atoms with E-state index in [4.69, 9.17) is 16.9 Å². The Morgan fingerprint density at radius 2 is 2.30 bits per heavy atom. The molecule has 0 saturated carbocycles. The van der Waals surface area contributed by atoms with Crippen LogP contribution in [-0.2, 0) is 13.0 Å². The molecule has 0 saturated heterocycles. The Kier molecular flexibility index (Phi) is 3.59. The zero-order chi connectivity index (χ0) is 14.1. The van der Waals surface area contributed by atoms with E-state index in [1.807, 2.05) is 6.92 Å². The van der Waals surface area contributed by atoms with Gasteiger partial charge in [-0.05, 0) is 31.3 Å². The van der Waals surface area contributed by atoms with Crippen molar-refractivity contribution < 1.29 is 0 Å². The van der Waals surface area contributed by atoms with Crippen molar-refractivity contribution in [2.24, 2.45) is 0 Å². The van der Waals surface area contributed by atoms with Crippen molar-refractivity contribution >= 4 is 28.1 Å². The molecule has 1 N–H and O–H groups in total. The first-order valence-corrected chi connectivity index (χ1v) is 7.59. The molecule has 0 amide bonds. The van der Waals surface area contributed by atoms with E-state index in [0.717, 1.165) is 31.0 Å². The molecule has 0 bridgehead atoms. The van der Waals surface area contributed by atoms with Gasteiger partial charge < -0.3 is 9.88 Å². The number of hydrogen-bond acceptors (Lipinski definition) is 6. The van der Waals surface area contributed by atoms with Crippen molar-refractivity contribution in [3.63, 3.8) is 0 Å². The van der Waals surface area contributed by atoms with Crippen LogP contribution in [0.2, 0.25) is 5.15 Å². The highest BCUT2D eigenvalue weighted by atomic mass is 35.5. The molecule has 3 heterocycles. The van der Waals surface area contributed by atoms with E-state index in [-0.39, 0.29) is 11.2 Å². The molecule has 0 aromatic carbocycles. The third kappa shape index (κ3) is 2.25. The third-order valence-corrected chi connectivity index (χ3v) is 4.54. The van der Waals surface area contributed by atoms with E-state index in [1.165, 1.54) is 18.0 Å². The Morgan fingerprint density at radius 3 is 3.10 bits per heavy atom. The minimum Gasteiger partial charge on any atom is -0.365 e. The molecule has 8 heteroatoms. The van der Waals surface area contributed by atoms with Gasteiger partial charge >= 0.3 is 0 Å². The van der Waals surface area contributed by atoms with Crippen LogP contribution in [0.15, 0.2) is 0 Å². The fourth-order valence-corrected chi connectivity index (χ4v) is 3.40. The van der Waals surface area contributed by atoms with Crippen LogP contribution in [0.4, 0.5) is 5.00 Å². The predicted molar refractivity (Wildman–Crippen MR) is 76.8 cm³/mol. The van der Waals surface area contributed by atoms with Crippen LogP contribution in [0, 0.1) is 11.3 Å². The van der Waals surface area contributed by atoms with Crippen LogP contribution in [0.3, 0.4) is 0 Å². The monoisotopic (exact) mass is 308 g/mol. The number of nitrogens with one attached hydrogen (secondary N) is 1. The molecule has 104 valence electrons. The number of aryl methyl sites for hydroxylation is 1. The summed E-state index contributed by atoms with van der Waals surface area (Å²) >= 11 is 7.06. The molecular weight excluding hydrogens is 296 g/mol. The number of rotatable bonds is 3. The molecule has 1 aliphatic rings. The Bertz CT molecular complexity index is 670. The fourth-order valence-electron chi connectivity index (χ4n) is 2.38. The van der Waals surface area contributed by atoms with E-state index in [9.17, 15) is 0 Å². The molecule has 20 heavy (non-hydrogen) atoms. The Labute approximate surface area is 125 Å². The number of anilines is 1. The fraction of sp³-hybridized carbons (Fsp3) is 0.500. The summed E-state index contributed by atoms with van der Waals surface area (Å²) in [6, 6.07) is 2.02. The molecule has 0 spiro atoms. The normalized spacial score (nSPS) is 15.4. The lowest BCUT2D eigenvalue weighted by molar-refractivity contribution is 0.501. The second-order valence-corrected chi connectivity index (χ2v) is 5.87. The van der Waals surface area contributed by atoms with Crippen LogP contribution in [0.5, 0.6) is 0 Å². The van der Waals surface area contributed by atoms with E-state index >= 15 is 0 Å². The standard InChI is InChI=1S/C12H13ClN6S/c1-7(15-12-8(6-14)10(13)18-20-12)11-17-16-9-4-2-3-5-19(9)11/h7,15H,2-5H2,1H3. The molecule has 0 aliphatic carbocycles. The summed E-state index contributed by atoms with van der Waals surface area (Å²) in [6.45, 7) is 2.96. The van der Waals surface area contributed by atoms with Crippen molar-refractivity contribution in [3.8, 4) is 6.07 Å². The maximum atomic E-state index is 9.08. The topological polar surface area (TPSA) is 79.4 Å². The van der Waals surface area contributed by atoms with E-state index in [0.29, 0.717) is 10.6 Å². The number of nitrogens with zero attached hydrogens (tertiary/aromatic N) is 5. The largest absolute Gasteiger partial charge is 0.365 e. The van der Waals surface area contributed by atoms with Gasteiger partial charge in [-0.15, -0.1) is 10.2 Å². The second kappa shape index (κ2) is 5.38. The summed E-state index contributed by atoms with van der Waals surface area (Å²) in [7, 11) is 0. The first kappa shape index (κ1) is 13.3. The quantitative estimate of drug-likeness (QED) is 0.943. The summed E-state index contributed by atoms with van der Waals surface area (Å²) in [5, 5.41) is 21.8. The Morgan fingerprint density at radius 1 is 1.45 bits per heavy atom. The lowest BCUT2D eigenvalue weighted by Crippen LogP contribution is -2.18. The summed E-state index contributed by atoms with van der Waals surface area (Å²) in [6.07, 6.45) is 3.30. The Hall–Kier alpha value is -1.65. The van der Waals surface area contributed by atoms with Crippen molar-refractivity contribution in [1.29, 1.82) is 5.26 Å². The van der Waals surface area contributed by atoms with Gasteiger partial charge in [-0.2, -0.15) is 9.64 Å². The van der Waals surface area contributed by atoms with Crippen LogP contribution in [-0.4, -0.2) is 19.1 Å². The van der Waals surface area contributed by atoms with Crippen molar-refractivity contribution in [2.75, 3.05) is 5.32 Å². The van der Waals surface area contributed by atoms with Crippen LogP contribution < -0.4 is 5.32 Å². The van der Waals surface area contributed by atoms with Gasteiger partial charge in [-0.1, -0.05) is 11.6 Å². The summed E-state index contributed by atoms with van der Waals surface area (Å²) in [4.78, 5) is 0. The minimum atomic E-state index is -0.0435. The lowest BCUT2D eigenvalue weighted by atomic mass is 10.1. The first-order chi connectivity index (χ1) is 9.70. The molecule has 6 nitrogen and oxygen atoms in total. The molecule has 1 unspecified atom stereocenters. The zero-order valence-corrected chi connectivity index (χ0v) is 12.5. The molecule has 2 aromatic rings. The lowest BCUT2D eigenvalue weighted by Gasteiger charge is -2.18. The van der Waals surface area contributed by atoms with Gasteiger partial charge in [0.15, 0.2) is 11.0 Å². The van der Waals surface area contributed by atoms with Crippen LogP contribution >= 0.6 is 23.1 Å². The molecule has 0 radical (unpaired) electrons. The molecular formula is C12H13ClN6S. The van der Waals surface area contributed by atoms with E-state index in [1.54, 1.807) is 0 Å². The van der Waals surface area contributed by atoms with E-state index < -0.39 is 0 Å². The molecule has 3 rings (SSSR count). The second-order valence-electron chi connectivity index (χ2n) is 4.74. The number of aromatic nitrogens is 4. The minimum absolute atomic E-state index is 0.0435. The third-order valence-electron chi connectivity index (χ3n) is 3.39. The van der Waals surface area contributed by atoms with Gasteiger partial charge in [0.25, 0.3) is 0 Å². The highest BCUT2D eigenvalue weighted by Gasteiger charge is 2.22. The maximum Gasteiger partial charge on any atom is 0.162 e. The van der Waals surface area contributed by atoms with Crippen LogP contribution in [0.25, 0.3) is 0 Å². The first-order valence-electron chi connectivity index (χ1n) is 6.44. The number of fused-ring (bicyclic) bond motifs is 1. The number of nitriles is 1. The average Bonchev–Trinajstić information content (AvgIpc) is 3.02. The van der Waals surface area contributed by atoms with Crippen molar-refractivity contribution in [2.45, 2.75) is 38.8 Å². The average molecular weight is 309 g/mol. The number of hydrogen-bond donors (Lipinski definition) is 1. The zero-order valence-electron chi connectivity index (χ0n) is 10.9. The Balaban J connectivity index is 1.85.